The van der Waals surface area contributed by atoms with Crippen molar-refractivity contribution in [2.75, 3.05) is 11.1 Å². The summed E-state index contributed by atoms with van der Waals surface area (Å²) in [5.74, 6) is 0.707. The molecule has 5 nitrogen and oxygen atoms in total. The molecule has 0 amide bonds. The molecule has 0 saturated carbocycles. The first-order chi connectivity index (χ1) is 8.74. The van der Waals surface area contributed by atoms with Gasteiger partial charge in [0, 0.05) is 0 Å². The zero-order valence-corrected chi connectivity index (χ0v) is 10.7. The summed E-state index contributed by atoms with van der Waals surface area (Å²) >= 11 is 7.53. The number of fused-ring (bicyclic) bond motifs is 1. The van der Waals surface area contributed by atoms with Crippen LogP contribution in [0, 0.1) is 0 Å². The van der Waals surface area contributed by atoms with Crippen LogP contribution in [-0.4, -0.2) is 15.0 Å². The number of para-hydroxylation sites is 1. The summed E-state index contributed by atoms with van der Waals surface area (Å²) in [6.07, 6.45) is 1.36. The quantitative estimate of drug-likeness (QED) is 0.753. The third-order valence-corrected chi connectivity index (χ3v) is 3.66. The van der Waals surface area contributed by atoms with Gasteiger partial charge in [-0.15, -0.1) is 0 Å². The lowest BCUT2D eigenvalue weighted by Gasteiger charge is -2.04. The molecule has 3 aromatic rings. The molecule has 2 aromatic heterocycles. The summed E-state index contributed by atoms with van der Waals surface area (Å²) in [5.41, 5.74) is 6.54. The second kappa shape index (κ2) is 4.40. The minimum Gasteiger partial charge on any atom is -0.382 e. The van der Waals surface area contributed by atoms with Crippen molar-refractivity contribution in [3.63, 3.8) is 0 Å². The lowest BCUT2D eigenvalue weighted by molar-refractivity contribution is 1.17. The van der Waals surface area contributed by atoms with E-state index in [1.165, 1.54) is 17.7 Å². The fourth-order valence-electron chi connectivity index (χ4n) is 1.50. The van der Waals surface area contributed by atoms with Crippen LogP contribution in [0.2, 0.25) is 5.02 Å². The number of rotatable bonds is 2. The molecule has 3 rings (SSSR count). The number of halogens is 1. The topological polar surface area (TPSA) is 76.7 Å². The van der Waals surface area contributed by atoms with E-state index >= 15 is 0 Å². The maximum absolute atomic E-state index is 6.01. The molecule has 0 atom stereocenters. The van der Waals surface area contributed by atoms with E-state index in [1.807, 2.05) is 24.3 Å². The van der Waals surface area contributed by atoms with Crippen LogP contribution in [0.15, 0.2) is 30.6 Å². The van der Waals surface area contributed by atoms with Gasteiger partial charge in [-0.3, -0.25) is 0 Å². The molecule has 0 fully saturated rings. The summed E-state index contributed by atoms with van der Waals surface area (Å²) in [4.78, 5) is 12.3. The van der Waals surface area contributed by atoms with Crippen LogP contribution in [0.4, 0.5) is 16.8 Å². The highest BCUT2D eigenvalue weighted by Gasteiger charge is 2.09. The third kappa shape index (κ3) is 1.96. The van der Waals surface area contributed by atoms with E-state index in [1.54, 1.807) is 0 Å². The van der Waals surface area contributed by atoms with Crippen LogP contribution >= 0.6 is 22.9 Å². The zero-order chi connectivity index (χ0) is 12.5. The normalized spacial score (nSPS) is 10.7. The Morgan fingerprint density at radius 2 is 2.06 bits per heavy atom. The summed E-state index contributed by atoms with van der Waals surface area (Å²) < 4.78 is 1.10. The Morgan fingerprint density at radius 3 is 2.89 bits per heavy atom. The smallest absolute Gasteiger partial charge is 0.189 e. The number of hydrogen-bond acceptors (Lipinski definition) is 6. The van der Waals surface area contributed by atoms with Crippen LogP contribution in [0.5, 0.6) is 0 Å². The van der Waals surface area contributed by atoms with Gasteiger partial charge in [-0.25, -0.2) is 15.0 Å². The SMILES string of the molecule is Nc1ncnc(Nc2nc3ccccc3s2)c1Cl. The Labute approximate surface area is 112 Å². The zero-order valence-electron chi connectivity index (χ0n) is 9.09. The van der Waals surface area contributed by atoms with Crippen LogP contribution in [-0.2, 0) is 0 Å². The van der Waals surface area contributed by atoms with Gasteiger partial charge in [0.05, 0.1) is 10.2 Å². The summed E-state index contributed by atoms with van der Waals surface area (Å²) in [6, 6.07) is 7.88. The molecule has 0 aliphatic carbocycles. The molecule has 0 saturated heterocycles. The first kappa shape index (κ1) is 11.2. The molecule has 0 unspecified atom stereocenters. The second-order valence-corrected chi connectivity index (χ2v) is 4.94. The maximum Gasteiger partial charge on any atom is 0.189 e. The standard InChI is InChI=1S/C11H8ClN5S/c12-8-9(13)14-5-15-10(8)17-11-16-6-3-1-2-4-7(6)18-11/h1-5H,(H3,13,14,15,16,17). The van der Waals surface area contributed by atoms with Crippen molar-refractivity contribution in [1.82, 2.24) is 15.0 Å². The van der Waals surface area contributed by atoms with E-state index in [0.717, 1.165) is 15.3 Å². The Morgan fingerprint density at radius 1 is 1.22 bits per heavy atom. The Balaban J connectivity index is 1.99. The van der Waals surface area contributed by atoms with Crippen molar-refractivity contribution < 1.29 is 0 Å². The number of benzene rings is 1. The van der Waals surface area contributed by atoms with Gasteiger partial charge in [-0.2, -0.15) is 0 Å². The molecule has 2 heterocycles. The lowest BCUT2D eigenvalue weighted by Crippen LogP contribution is -1.99. The van der Waals surface area contributed by atoms with E-state index < -0.39 is 0 Å². The average Bonchev–Trinajstić information content (AvgIpc) is 2.77. The van der Waals surface area contributed by atoms with Gasteiger partial charge >= 0.3 is 0 Å². The third-order valence-electron chi connectivity index (χ3n) is 2.34. The van der Waals surface area contributed by atoms with Gasteiger partial charge in [-0.1, -0.05) is 35.1 Å². The van der Waals surface area contributed by atoms with E-state index in [9.17, 15) is 0 Å². The van der Waals surface area contributed by atoms with Crippen molar-refractivity contribution in [3.05, 3.63) is 35.6 Å². The van der Waals surface area contributed by atoms with Gasteiger partial charge < -0.3 is 11.1 Å². The highest BCUT2D eigenvalue weighted by Crippen LogP contribution is 2.31. The molecule has 7 heteroatoms. The molecule has 0 aliphatic heterocycles. The van der Waals surface area contributed by atoms with E-state index in [0.29, 0.717) is 10.8 Å². The molecule has 0 radical (unpaired) electrons. The first-order valence-corrected chi connectivity index (χ1v) is 6.32. The lowest BCUT2D eigenvalue weighted by atomic mass is 10.3. The largest absolute Gasteiger partial charge is 0.382 e. The molecule has 0 spiro atoms. The van der Waals surface area contributed by atoms with Crippen molar-refractivity contribution in [2.45, 2.75) is 0 Å². The summed E-state index contributed by atoms with van der Waals surface area (Å²) in [6.45, 7) is 0. The Bertz CT molecular complexity index is 678. The van der Waals surface area contributed by atoms with Crippen LogP contribution in [0.1, 0.15) is 0 Å². The van der Waals surface area contributed by atoms with E-state index in [-0.39, 0.29) is 5.82 Å². The number of nitrogens with two attached hydrogens (primary N) is 1. The Kier molecular flexibility index (Phi) is 2.73. The molecular weight excluding hydrogens is 270 g/mol. The fourth-order valence-corrected chi connectivity index (χ4v) is 2.51. The van der Waals surface area contributed by atoms with Crippen molar-refractivity contribution in [1.29, 1.82) is 0 Å². The minimum absolute atomic E-state index is 0.246. The van der Waals surface area contributed by atoms with Crippen LogP contribution in [0.3, 0.4) is 0 Å². The van der Waals surface area contributed by atoms with Gasteiger partial charge in [0.15, 0.2) is 10.9 Å². The van der Waals surface area contributed by atoms with Crippen molar-refractivity contribution in [3.8, 4) is 0 Å². The second-order valence-electron chi connectivity index (χ2n) is 3.53. The maximum atomic E-state index is 6.01. The van der Waals surface area contributed by atoms with Gasteiger partial charge in [0.25, 0.3) is 0 Å². The Hall–Kier alpha value is -1.92. The number of nitrogens with zero attached hydrogens (tertiary/aromatic N) is 3. The number of nitrogens with one attached hydrogen (secondary N) is 1. The van der Waals surface area contributed by atoms with Crippen molar-refractivity contribution in [2.24, 2.45) is 0 Å². The molecular formula is C11H8ClN5S. The number of aromatic nitrogens is 3. The van der Waals surface area contributed by atoms with Crippen molar-refractivity contribution >= 4 is 49.9 Å². The average molecular weight is 278 g/mol. The van der Waals surface area contributed by atoms with Gasteiger partial charge in [-0.05, 0) is 12.1 Å². The molecule has 0 aliphatic rings. The van der Waals surface area contributed by atoms with E-state index in [2.05, 4.69) is 20.3 Å². The molecule has 90 valence electrons. The number of anilines is 3. The predicted octanol–water partition coefficient (Wildman–Crippen LogP) is 3.07. The highest BCUT2D eigenvalue weighted by atomic mass is 35.5. The summed E-state index contributed by atoms with van der Waals surface area (Å²) in [5, 5.41) is 4.07. The fraction of sp³-hybridized carbons (Fsp3) is 0. The number of thiazole rings is 1. The molecule has 18 heavy (non-hydrogen) atoms. The number of nitrogen functional groups attached to an aromatic ring is 1. The monoisotopic (exact) mass is 277 g/mol. The van der Waals surface area contributed by atoms with Gasteiger partial charge in [0.2, 0.25) is 0 Å². The number of hydrogen-bond donors (Lipinski definition) is 2. The molecule has 3 N–H and O–H groups in total. The predicted molar refractivity (Wildman–Crippen MR) is 74.4 cm³/mol. The minimum atomic E-state index is 0.246. The molecule has 0 bridgehead atoms. The highest BCUT2D eigenvalue weighted by molar-refractivity contribution is 7.22. The van der Waals surface area contributed by atoms with E-state index in [4.69, 9.17) is 17.3 Å². The van der Waals surface area contributed by atoms with Gasteiger partial charge in [0.1, 0.15) is 17.2 Å². The molecule has 1 aromatic carbocycles. The summed E-state index contributed by atoms with van der Waals surface area (Å²) in [7, 11) is 0. The van der Waals surface area contributed by atoms with Crippen LogP contribution < -0.4 is 11.1 Å². The first-order valence-electron chi connectivity index (χ1n) is 5.12. The van der Waals surface area contributed by atoms with Crippen LogP contribution in [0.25, 0.3) is 10.2 Å².